The predicted octanol–water partition coefficient (Wildman–Crippen LogP) is 4.54. The summed E-state index contributed by atoms with van der Waals surface area (Å²) in [7, 11) is 3.58. The number of allylic oxidation sites excluding steroid dienone is 1. The smallest absolute Gasteiger partial charge is 0.251 e. The molecule has 9 nitrogen and oxygen atoms in total. The Morgan fingerprint density at radius 2 is 2.02 bits per heavy atom. The normalized spacial score (nSPS) is 24.2. The predicted molar refractivity (Wildman–Crippen MR) is 168 cm³/mol. The number of carbonyl (C=O) groups is 1. The van der Waals surface area contributed by atoms with Crippen LogP contribution >= 0.6 is 0 Å². The van der Waals surface area contributed by atoms with Gasteiger partial charge in [-0.1, -0.05) is 38.5 Å². The number of aliphatic imine (C=N–C) groups is 1. The SMILES string of the molecule is C=CCC1CN(C2CCCCC2)C(=NC(=C)Nc2ccc(C(=O)N[C@@H]3CCCNC3)cc2OC)/C(=C\N)N(C)C1=C. The summed E-state index contributed by atoms with van der Waals surface area (Å²) in [6.07, 6.45) is 12.3. The zero-order valence-corrected chi connectivity index (χ0v) is 24.8. The van der Waals surface area contributed by atoms with Gasteiger partial charge in [-0.2, -0.15) is 0 Å². The molecule has 0 spiro atoms. The van der Waals surface area contributed by atoms with E-state index in [0.717, 1.165) is 69.0 Å². The van der Waals surface area contributed by atoms with Crippen LogP contribution < -0.4 is 26.4 Å². The monoisotopic (exact) mass is 561 g/mol. The van der Waals surface area contributed by atoms with Crippen LogP contribution in [0.25, 0.3) is 0 Å². The third-order valence-corrected chi connectivity index (χ3v) is 8.42. The van der Waals surface area contributed by atoms with E-state index in [4.69, 9.17) is 15.5 Å². The van der Waals surface area contributed by atoms with E-state index in [1.807, 2.05) is 24.1 Å². The standard InChI is InChI=1S/C32H47N7O2/c1-6-11-25-21-39(27-13-8-7-9-14-27)31(29(19-33)38(4)22(25)2)36-23(3)35-28-16-15-24(18-30(28)41-5)32(40)37-26-12-10-17-34-20-26/h6,15-16,18-19,25-27,34-35H,1-3,7-14,17,20-21,33H2,4-5H3,(H,37,40)/b29-19+,36-31?/t25?,26-/m1/s1. The molecule has 1 saturated carbocycles. The van der Waals surface area contributed by atoms with Crippen molar-refractivity contribution in [1.29, 1.82) is 0 Å². The summed E-state index contributed by atoms with van der Waals surface area (Å²) in [5.74, 6) is 1.86. The van der Waals surface area contributed by atoms with Crippen LogP contribution in [0.5, 0.6) is 5.75 Å². The summed E-state index contributed by atoms with van der Waals surface area (Å²) in [6, 6.07) is 5.87. The van der Waals surface area contributed by atoms with Gasteiger partial charge < -0.3 is 36.2 Å². The molecular weight excluding hydrogens is 514 g/mol. The molecular formula is C32H47N7O2. The minimum absolute atomic E-state index is 0.112. The maximum absolute atomic E-state index is 12.9. The Morgan fingerprint density at radius 1 is 1.24 bits per heavy atom. The summed E-state index contributed by atoms with van der Waals surface area (Å²) < 4.78 is 5.65. The molecule has 3 aliphatic rings. The fraction of sp³-hybridized carbons (Fsp3) is 0.500. The van der Waals surface area contributed by atoms with E-state index < -0.39 is 0 Å². The highest BCUT2D eigenvalue weighted by Gasteiger charge is 2.35. The molecule has 2 atom stereocenters. The van der Waals surface area contributed by atoms with Crippen molar-refractivity contribution in [3.05, 3.63) is 73.0 Å². The van der Waals surface area contributed by atoms with E-state index in [0.29, 0.717) is 28.9 Å². The average molecular weight is 562 g/mol. The molecule has 3 fully saturated rings. The maximum atomic E-state index is 12.9. The van der Waals surface area contributed by atoms with Crippen LogP contribution in [0.2, 0.25) is 0 Å². The molecule has 1 aliphatic carbocycles. The summed E-state index contributed by atoms with van der Waals surface area (Å²) in [5.41, 5.74) is 9.24. The van der Waals surface area contributed by atoms with Gasteiger partial charge in [0.1, 0.15) is 11.6 Å². The quantitative estimate of drug-likeness (QED) is 0.328. The lowest BCUT2D eigenvalue weighted by molar-refractivity contribution is 0.0930. The lowest BCUT2D eigenvalue weighted by atomic mass is 9.92. The Labute approximate surface area is 245 Å². The number of amides is 1. The van der Waals surface area contributed by atoms with Crippen LogP contribution in [0.4, 0.5) is 5.69 Å². The molecule has 41 heavy (non-hydrogen) atoms. The number of benzene rings is 1. The van der Waals surface area contributed by atoms with Crippen molar-refractivity contribution in [1.82, 2.24) is 20.4 Å². The minimum atomic E-state index is -0.112. The van der Waals surface area contributed by atoms with E-state index in [2.05, 4.69) is 40.6 Å². The third kappa shape index (κ3) is 7.33. The van der Waals surface area contributed by atoms with Crippen molar-refractivity contribution in [3.8, 4) is 5.75 Å². The van der Waals surface area contributed by atoms with Gasteiger partial charge in [-0.05, 0) is 56.8 Å². The molecule has 4 rings (SSSR count). The first-order chi connectivity index (χ1) is 19.9. The van der Waals surface area contributed by atoms with Crippen LogP contribution in [-0.2, 0) is 0 Å². The maximum Gasteiger partial charge on any atom is 0.251 e. The third-order valence-electron chi connectivity index (χ3n) is 8.42. The van der Waals surface area contributed by atoms with Crippen molar-refractivity contribution >= 4 is 17.4 Å². The number of anilines is 1. The van der Waals surface area contributed by atoms with Crippen molar-refractivity contribution in [2.45, 2.75) is 63.5 Å². The molecule has 222 valence electrons. The number of hydrogen-bond acceptors (Lipinski definition) is 7. The highest BCUT2D eigenvalue weighted by atomic mass is 16.5. The zero-order valence-electron chi connectivity index (χ0n) is 24.8. The Morgan fingerprint density at radius 3 is 2.68 bits per heavy atom. The van der Waals surface area contributed by atoms with Crippen molar-refractivity contribution in [2.24, 2.45) is 16.6 Å². The lowest BCUT2D eigenvalue weighted by Crippen LogP contribution is -2.45. The molecule has 2 heterocycles. The summed E-state index contributed by atoms with van der Waals surface area (Å²) >= 11 is 0. The van der Waals surface area contributed by atoms with E-state index in [1.165, 1.54) is 19.3 Å². The molecule has 0 aromatic heterocycles. The Kier molecular flexibility index (Phi) is 10.5. The first kappa shape index (κ1) is 30.2. The van der Waals surface area contributed by atoms with E-state index in [9.17, 15) is 4.79 Å². The van der Waals surface area contributed by atoms with Crippen LogP contribution in [0.3, 0.4) is 0 Å². The fourth-order valence-corrected chi connectivity index (χ4v) is 6.08. The summed E-state index contributed by atoms with van der Waals surface area (Å²) in [5, 5.41) is 9.75. The number of nitrogens with one attached hydrogen (secondary N) is 3. The molecule has 2 aliphatic heterocycles. The van der Waals surface area contributed by atoms with E-state index in [1.54, 1.807) is 25.4 Å². The molecule has 5 N–H and O–H groups in total. The van der Waals surface area contributed by atoms with Crippen LogP contribution in [-0.4, -0.2) is 67.4 Å². The number of piperidine rings is 1. The Balaban J connectivity index is 1.59. The second-order valence-corrected chi connectivity index (χ2v) is 11.2. The second-order valence-electron chi connectivity index (χ2n) is 11.2. The fourth-order valence-electron chi connectivity index (χ4n) is 6.08. The number of methoxy groups -OCH3 is 1. The van der Waals surface area contributed by atoms with Crippen molar-refractivity contribution in [3.63, 3.8) is 0 Å². The van der Waals surface area contributed by atoms with Gasteiger partial charge in [-0.3, -0.25) is 4.79 Å². The van der Waals surface area contributed by atoms with Gasteiger partial charge in [0.2, 0.25) is 0 Å². The van der Waals surface area contributed by atoms with Gasteiger partial charge in [0, 0.05) is 55.6 Å². The molecule has 1 unspecified atom stereocenters. The average Bonchev–Trinajstić information content (AvgIpc) is 3.08. The van der Waals surface area contributed by atoms with Gasteiger partial charge in [-0.25, -0.2) is 4.99 Å². The summed E-state index contributed by atoms with van der Waals surface area (Å²) in [4.78, 5) is 22.4. The first-order valence-electron chi connectivity index (χ1n) is 14.8. The van der Waals surface area contributed by atoms with Crippen LogP contribution in [0, 0.1) is 5.92 Å². The molecule has 0 radical (unpaired) electrons. The molecule has 0 bridgehead atoms. The Bertz CT molecular complexity index is 1180. The van der Waals surface area contributed by atoms with Crippen molar-refractivity contribution < 1.29 is 9.53 Å². The number of carbonyl (C=O) groups excluding carboxylic acids is 1. The molecule has 1 amide bonds. The minimum Gasteiger partial charge on any atom is -0.495 e. The molecule has 1 aromatic carbocycles. The van der Waals surface area contributed by atoms with Gasteiger partial charge in [0.15, 0.2) is 5.84 Å². The number of nitrogens with zero attached hydrogens (tertiary/aromatic N) is 3. The highest BCUT2D eigenvalue weighted by molar-refractivity contribution is 5.99. The number of likely N-dealkylation sites (N-methyl/N-ethyl adjacent to an activating group) is 1. The van der Waals surface area contributed by atoms with Gasteiger partial charge >= 0.3 is 0 Å². The van der Waals surface area contributed by atoms with Gasteiger partial charge in [-0.15, -0.1) is 6.58 Å². The number of ether oxygens (including phenoxy) is 1. The van der Waals surface area contributed by atoms with E-state index in [-0.39, 0.29) is 17.9 Å². The second kappa shape index (κ2) is 14.3. The van der Waals surface area contributed by atoms with Gasteiger partial charge in [0.05, 0.1) is 18.5 Å². The van der Waals surface area contributed by atoms with E-state index >= 15 is 0 Å². The van der Waals surface area contributed by atoms with Crippen molar-refractivity contribution in [2.75, 3.05) is 39.1 Å². The summed E-state index contributed by atoms with van der Waals surface area (Å²) in [6.45, 7) is 15.2. The molecule has 2 saturated heterocycles. The number of nitrogens with two attached hydrogens (primary N) is 1. The van der Waals surface area contributed by atoms with Gasteiger partial charge in [0.25, 0.3) is 5.91 Å². The highest BCUT2D eigenvalue weighted by Crippen LogP contribution is 2.34. The topological polar surface area (TPSA) is 107 Å². The number of amidine groups is 1. The first-order valence-corrected chi connectivity index (χ1v) is 14.8. The Hall–Kier alpha value is -3.72. The number of rotatable bonds is 9. The van der Waals surface area contributed by atoms with Crippen LogP contribution in [0.1, 0.15) is 61.7 Å². The number of hydrogen-bond donors (Lipinski definition) is 4. The van der Waals surface area contributed by atoms with Crippen LogP contribution in [0.15, 0.2) is 72.4 Å². The molecule has 9 heteroatoms. The largest absolute Gasteiger partial charge is 0.495 e. The molecule has 1 aromatic rings. The zero-order chi connectivity index (χ0) is 29.4. The lowest BCUT2D eigenvalue weighted by Gasteiger charge is -2.37.